The minimum absolute atomic E-state index is 0.231. The minimum Gasteiger partial charge on any atom is -0.374 e. The first-order valence-electron chi connectivity index (χ1n) is 10.6. The van der Waals surface area contributed by atoms with Crippen LogP contribution in [-0.2, 0) is 10.4 Å². The van der Waals surface area contributed by atoms with Crippen LogP contribution in [0.2, 0.25) is 0 Å². The second-order valence-electron chi connectivity index (χ2n) is 8.26. The van der Waals surface area contributed by atoms with E-state index >= 15 is 0 Å². The molecule has 2 heterocycles. The van der Waals surface area contributed by atoms with Gasteiger partial charge in [-0.2, -0.15) is 13.2 Å². The van der Waals surface area contributed by atoms with Gasteiger partial charge in [0.15, 0.2) is 0 Å². The highest BCUT2D eigenvalue weighted by Crippen LogP contribution is 2.42. The fourth-order valence-corrected chi connectivity index (χ4v) is 4.78. The van der Waals surface area contributed by atoms with E-state index in [1.807, 2.05) is 18.2 Å². The Morgan fingerprint density at radius 1 is 1.28 bits per heavy atom. The van der Waals surface area contributed by atoms with Gasteiger partial charge >= 0.3 is 6.18 Å². The number of thiazole rings is 1. The molecule has 1 aliphatic heterocycles. The third-order valence-corrected chi connectivity index (χ3v) is 6.79. The summed E-state index contributed by atoms with van der Waals surface area (Å²) in [6.45, 7) is 5.18. The Labute approximate surface area is 190 Å². The molecule has 2 aromatic rings. The van der Waals surface area contributed by atoms with Crippen LogP contribution in [0.1, 0.15) is 35.1 Å². The summed E-state index contributed by atoms with van der Waals surface area (Å²) in [6, 6.07) is 10.4. The van der Waals surface area contributed by atoms with Gasteiger partial charge in [0.1, 0.15) is 5.01 Å². The number of likely N-dealkylation sites (N-methyl/N-ethyl adjacent to an activating group) is 1. The molecular weight excluding hydrogens is 441 g/mol. The summed E-state index contributed by atoms with van der Waals surface area (Å²) in [5.74, 6) is -0.851. The fourth-order valence-electron chi connectivity index (χ4n) is 3.86. The lowest BCUT2D eigenvalue weighted by Gasteiger charge is -2.40. The highest BCUT2D eigenvalue weighted by atomic mass is 32.1. The van der Waals surface area contributed by atoms with Crippen LogP contribution < -0.4 is 5.32 Å². The van der Waals surface area contributed by atoms with E-state index in [9.17, 15) is 23.1 Å². The third-order valence-electron chi connectivity index (χ3n) is 5.68. The van der Waals surface area contributed by atoms with E-state index in [0.29, 0.717) is 30.0 Å². The molecule has 0 aliphatic carbocycles. The monoisotopic (exact) mass is 470 g/mol. The summed E-state index contributed by atoms with van der Waals surface area (Å²) in [5.41, 5.74) is -1.70. The van der Waals surface area contributed by atoms with Gasteiger partial charge in [-0.15, -0.1) is 11.3 Å². The molecule has 0 bridgehead atoms. The van der Waals surface area contributed by atoms with Crippen LogP contribution in [0.3, 0.4) is 0 Å². The maximum atomic E-state index is 13.6. The van der Waals surface area contributed by atoms with Crippen molar-refractivity contribution in [1.82, 2.24) is 20.1 Å². The van der Waals surface area contributed by atoms with E-state index in [2.05, 4.69) is 39.3 Å². The molecule has 6 nitrogen and oxygen atoms in total. The Morgan fingerprint density at radius 3 is 2.62 bits per heavy atom. The Balaban J connectivity index is 1.53. The number of aliphatic hydroxyl groups is 1. The lowest BCUT2D eigenvalue weighted by Crippen LogP contribution is -2.48. The van der Waals surface area contributed by atoms with Crippen molar-refractivity contribution in [3.8, 4) is 0 Å². The maximum Gasteiger partial charge on any atom is 0.424 e. The van der Waals surface area contributed by atoms with E-state index in [-0.39, 0.29) is 12.6 Å². The molecular formula is C22H29F3N4O2S. The molecule has 0 saturated carbocycles. The molecule has 2 N–H and O–H groups in total. The standard InChI is InChI=1S/C22H29F3N4O2S/c1-16-15-32-20(27-16)21(31,22(23,24)25)13-19(30)26-9-6-10-29-12-11-28(2)14-18(29)17-7-4-3-5-8-17/h3-5,7-8,15,18,31H,6,9-14H2,1-2H3,(H,26,30). The number of nitrogens with zero attached hydrogens (tertiary/aromatic N) is 3. The molecule has 10 heteroatoms. The van der Waals surface area contributed by atoms with Crippen molar-refractivity contribution in [1.29, 1.82) is 0 Å². The first-order chi connectivity index (χ1) is 15.1. The smallest absolute Gasteiger partial charge is 0.374 e. The molecule has 1 saturated heterocycles. The molecule has 2 atom stereocenters. The van der Waals surface area contributed by atoms with Crippen LogP contribution in [0.5, 0.6) is 0 Å². The molecule has 3 rings (SSSR count). The summed E-state index contributed by atoms with van der Waals surface area (Å²) in [4.78, 5) is 20.6. The van der Waals surface area contributed by atoms with E-state index in [4.69, 9.17) is 0 Å². The zero-order chi connectivity index (χ0) is 23.4. The molecule has 1 aromatic heterocycles. The molecule has 2 unspecified atom stereocenters. The molecule has 1 aliphatic rings. The number of alkyl halides is 3. The topological polar surface area (TPSA) is 68.7 Å². The molecule has 32 heavy (non-hydrogen) atoms. The average molecular weight is 471 g/mol. The van der Waals surface area contributed by atoms with Crippen molar-refractivity contribution in [2.24, 2.45) is 0 Å². The van der Waals surface area contributed by atoms with Crippen LogP contribution in [-0.4, -0.2) is 71.7 Å². The van der Waals surface area contributed by atoms with Gasteiger partial charge in [0.2, 0.25) is 11.5 Å². The quantitative estimate of drug-likeness (QED) is 0.581. The van der Waals surface area contributed by atoms with Crippen molar-refractivity contribution in [3.63, 3.8) is 0 Å². The van der Waals surface area contributed by atoms with E-state index in [0.717, 1.165) is 19.6 Å². The number of aryl methyl sites for hydroxylation is 1. The SMILES string of the molecule is Cc1csc(C(O)(CC(=O)NCCCN2CCN(C)CC2c2ccccc2)C(F)(F)F)n1. The number of carbonyl (C=O) groups excluding carboxylic acids is 1. The second-order valence-corrected chi connectivity index (χ2v) is 9.12. The Bertz CT molecular complexity index is 893. The molecule has 1 amide bonds. The number of nitrogens with one attached hydrogen (secondary N) is 1. The van der Waals surface area contributed by atoms with Gasteiger partial charge in [-0.25, -0.2) is 4.98 Å². The first-order valence-corrected chi connectivity index (χ1v) is 11.4. The van der Waals surface area contributed by atoms with Gasteiger partial charge in [0.25, 0.3) is 0 Å². The highest BCUT2D eigenvalue weighted by Gasteiger charge is 2.58. The number of piperazine rings is 1. The van der Waals surface area contributed by atoms with Gasteiger partial charge in [0, 0.05) is 49.8 Å². The maximum absolute atomic E-state index is 13.6. The van der Waals surface area contributed by atoms with Crippen molar-refractivity contribution in [2.45, 2.75) is 37.6 Å². The fraction of sp³-hybridized carbons (Fsp3) is 0.545. The number of benzene rings is 1. The number of carbonyl (C=O) groups is 1. The van der Waals surface area contributed by atoms with Gasteiger partial charge < -0.3 is 15.3 Å². The number of aromatic nitrogens is 1. The number of hydrogen-bond acceptors (Lipinski definition) is 6. The minimum atomic E-state index is -5.00. The average Bonchev–Trinajstić information content (AvgIpc) is 3.18. The lowest BCUT2D eigenvalue weighted by atomic mass is 9.99. The van der Waals surface area contributed by atoms with Crippen molar-refractivity contribution in [3.05, 3.63) is 52.0 Å². The predicted octanol–water partition coefficient (Wildman–Crippen LogP) is 3.09. The van der Waals surface area contributed by atoms with Gasteiger partial charge in [-0.3, -0.25) is 9.69 Å². The lowest BCUT2D eigenvalue weighted by molar-refractivity contribution is -0.267. The van der Waals surface area contributed by atoms with Crippen LogP contribution in [0, 0.1) is 6.92 Å². The normalized spacial score (nSPS) is 20.1. The summed E-state index contributed by atoms with van der Waals surface area (Å²) in [6.07, 6.45) is -5.51. The summed E-state index contributed by atoms with van der Waals surface area (Å²) in [5, 5.41) is 13.7. The summed E-state index contributed by atoms with van der Waals surface area (Å²) < 4.78 is 40.7. The van der Waals surface area contributed by atoms with Gasteiger partial charge in [-0.1, -0.05) is 30.3 Å². The predicted molar refractivity (Wildman–Crippen MR) is 117 cm³/mol. The number of halogens is 3. The molecule has 176 valence electrons. The largest absolute Gasteiger partial charge is 0.424 e. The van der Waals surface area contributed by atoms with Crippen LogP contribution in [0.4, 0.5) is 13.2 Å². The zero-order valence-corrected chi connectivity index (χ0v) is 19.0. The number of hydrogen-bond donors (Lipinski definition) is 2. The van der Waals surface area contributed by atoms with E-state index in [1.165, 1.54) is 17.9 Å². The highest BCUT2D eigenvalue weighted by molar-refractivity contribution is 7.09. The molecule has 0 spiro atoms. The van der Waals surface area contributed by atoms with Crippen molar-refractivity contribution >= 4 is 17.2 Å². The summed E-state index contributed by atoms with van der Waals surface area (Å²) >= 11 is 0.699. The van der Waals surface area contributed by atoms with Crippen LogP contribution in [0.25, 0.3) is 0 Å². The molecule has 1 aromatic carbocycles. The molecule has 1 fully saturated rings. The number of amides is 1. The van der Waals surface area contributed by atoms with E-state index < -0.39 is 29.1 Å². The van der Waals surface area contributed by atoms with Gasteiger partial charge in [-0.05, 0) is 26.0 Å². The second kappa shape index (κ2) is 10.3. The molecule has 0 radical (unpaired) electrons. The Morgan fingerprint density at radius 2 is 2.00 bits per heavy atom. The van der Waals surface area contributed by atoms with Crippen molar-refractivity contribution < 1.29 is 23.1 Å². The number of rotatable bonds is 8. The van der Waals surface area contributed by atoms with Gasteiger partial charge in [0.05, 0.1) is 6.42 Å². The Kier molecular flexibility index (Phi) is 7.92. The zero-order valence-electron chi connectivity index (χ0n) is 18.2. The first kappa shape index (κ1) is 24.6. The van der Waals surface area contributed by atoms with Crippen LogP contribution >= 0.6 is 11.3 Å². The summed E-state index contributed by atoms with van der Waals surface area (Å²) in [7, 11) is 2.08. The Hall–Kier alpha value is -2.01. The van der Waals surface area contributed by atoms with E-state index in [1.54, 1.807) is 0 Å². The van der Waals surface area contributed by atoms with Crippen LogP contribution in [0.15, 0.2) is 35.7 Å². The third kappa shape index (κ3) is 5.86. The van der Waals surface area contributed by atoms with Crippen molar-refractivity contribution in [2.75, 3.05) is 39.8 Å².